The molecule has 7 heteroatoms. The van der Waals surface area contributed by atoms with Crippen molar-refractivity contribution in [3.8, 4) is 0 Å². The molecule has 1 fully saturated rings. The van der Waals surface area contributed by atoms with Crippen LogP contribution in [0.15, 0.2) is 21.8 Å². The molecule has 25 heavy (non-hydrogen) atoms. The van der Waals surface area contributed by atoms with E-state index in [4.69, 9.17) is 0 Å². The molecule has 5 nitrogen and oxygen atoms in total. The third-order valence-corrected chi connectivity index (χ3v) is 5.10. The molecule has 2 unspecified atom stereocenters. The maximum Gasteiger partial charge on any atom is 0.191 e. The Morgan fingerprint density at radius 3 is 2.72 bits per heavy atom. The largest absolute Gasteiger partial charge is 0.383 e. The fourth-order valence-electron chi connectivity index (χ4n) is 2.98. The zero-order valence-corrected chi connectivity index (χ0v) is 18.8. The number of hydrogen-bond acceptors (Lipinski definition) is 4. The maximum absolute atomic E-state index is 10.6. The third kappa shape index (κ3) is 7.80. The van der Waals surface area contributed by atoms with Gasteiger partial charge in [0.1, 0.15) is 5.60 Å². The normalized spacial score (nSPS) is 19.1. The van der Waals surface area contributed by atoms with Gasteiger partial charge in [0.2, 0.25) is 0 Å². The van der Waals surface area contributed by atoms with Crippen LogP contribution in [0.3, 0.4) is 0 Å². The Morgan fingerprint density at radius 1 is 1.40 bits per heavy atom. The highest BCUT2D eigenvalue weighted by atomic mass is 127. The zero-order valence-electron chi connectivity index (χ0n) is 15.6. The van der Waals surface area contributed by atoms with Gasteiger partial charge in [0.15, 0.2) is 5.96 Å². The summed E-state index contributed by atoms with van der Waals surface area (Å²) in [6.07, 6.45) is 2.67. The summed E-state index contributed by atoms with van der Waals surface area (Å²) in [5, 5.41) is 21.2. The van der Waals surface area contributed by atoms with Crippen LogP contribution in [-0.2, 0) is 5.60 Å². The van der Waals surface area contributed by atoms with Crippen LogP contribution < -0.4 is 10.6 Å². The molecule has 2 heterocycles. The van der Waals surface area contributed by atoms with Gasteiger partial charge >= 0.3 is 0 Å². The van der Waals surface area contributed by atoms with Gasteiger partial charge in [0.05, 0.1) is 6.54 Å². The molecule has 1 aliphatic heterocycles. The SMILES string of the molecule is CCNC(=NCC(C)(O)c1ccsc1)NCC(C)CN1CCCC1.I. The van der Waals surface area contributed by atoms with Crippen molar-refractivity contribution in [2.75, 3.05) is 39.3 Å². The topological polar surface area (TPSA) is 59.9 Å². The molecule has 0 aliphatic carbocycles. The van der Waals surface area contributed by atoms with Crippen LogP contribution in [0.1, 0.15) is 39.2 Å². The van der Waals surface area contributed by atoms with Gasteiger partial charge in [0.25, 0.3) is 0 Å². The van der Waals surface area contributed by atoms with Crippen molar-refractivity contribution in [1.82, 2.24) is 15.5 Å². The van der Waals surface area contributed by atoms with E-state index in [-0.39, 0.29) is 24.0 Å². The molecule has 0 amide bonds. The first-order valence-corrected chi connectivity index (χ1v) is 9.95. The maximum atomic E-state index is 10.6. The van der Waals surface area contributed by atoms with E-state index in [1.54, 1.807) is 11.3 Å². The highest BCUT2D eigenvalue weighted by Crippen LogP contribution is 2.23. The second-order valence-electron chi connectivity index (χ2n) is 6.97. The number of thiophene rings is 1. The smallest absolute Gasteiger partial charge is 0.191 e. The minimum Gasteiger partial charge on any atom is -0.383 e. The van der Waals surface area contributed by atoms with Crippen LogP contribution in [0.2, 0.25) is 0 Å². The van der Waals surface area contributed by atoms with E-state index < -0.39 is 5.60 Å². The minimum absolute atomic E-state index is 0. The molecule has 1 saturated heterocycles. The number of guanidine groups is 1. The van der Waals surface area contributed by atoms with Gasteiger partial charge in [-0.25, -0.2) is 4.99 Å². The molecule has 0 radical (unpaired) electrons. The van der Waals surface area contributed by atoms with Crippen molar-refractivity contribution in [2.24, 2.45) is 10.9 Å². The van der Waals surface area contributed by atoms with Crippen molar-refractivity contribution < 1.29 is 5.11 Å². The number of nitrogens with zero attached hydrogens (tertiary/aromatic N) is 2. The number of halogens is 1. The van der Waals surface area contributed by atoms with Crippen molar-refractivity contribution >= 4 is 41.3 Å². The van der Waals surface area contributed by atoms with E-state index in [0.29, 0.717) is 12.5 Å². The average Bonchev–Trinajstić information content (AvgIpc) is 3.23. The second kappa shape index (κ2) is 11.4. The lowest BCUT2D eigenvalue weighted by Gasteiger charge is -2.23. The van der Waals surface area contributed by atoms with Crippen LogP contribution in [0.5, 0.6) is 0 Å². The lowest BCUT2D eigenvalue weighted by molar-refractivity contribution is 0.0677. The molecule has 0 saturated carbocycles. The average molecular weight is 480 g/mol. The molecule has 2 rings (SSSR count). The molecule has 0 bridgehead atoms. The molecular formula is C18H33IN4OS. The second-order valence-corrected chi connectivity index (χ2v) is 7.75. The third-order valence-electron chi connectivity index (χ3n) is 4.42. The predicted octanol–water partition coefficient (Wildman–Crippen LogP) is 2.86. The first-order valence-electron chi connectivity index (χ1n) is 9.01. The molecule has 0 aromatic carbocycles. The van der Waals surface area contributed by atoms with Gasteiger partial charge in [-0.3, -0.25) is 0 Å². The van der Waals surface area contributed by atoms with Crippen molar-refractivity contribution in [3.05, 3.63) is 22.4 Å². The molecule has 1 aliphatic rings. The summed E-state index contributed by atoms with van der Waals surface area (Å²) < 4.78 is 0. The first kappa shape index (κ1) is 22.7. The fourth-order valence-corrected chi connectivity index (χ4v) is 3.76. The van der Waals surface area contributed by atoms with Crippen molar-refractivity contribution in [3.63, 3.8) is 0 Å². The van der Waals surface area contributed by atoms with Gasteiger partial charge < -0.3 is 20.6 Å². The van der Waals surface area contributed by atoms with Crippen molar-refractivity contribution in [2.45, 2.75) is 39.2 Å². The summed E-state index contributed by atoms with van der Waals surface area (Å²) in [6.45, 7) is 11.8. The van der Waals surface area contributed by atoms with Crippen LogP contribution in [-0.4, -0.2) is 55.2 Å². The van der Waals surface area contributed by atoms with E-state index in [9.17, 15) is 5.11 Å². The quantitative estimate of drug-likeness (QED) is 0.304. The summed E-state index contributed by atoms with van der Waals surface area (Å²) in [5.41, 5.74) is -0.00160. The van der Waals surface area contributed by atoms with E-state index in [1.807, 2.05) is 23.8 Å². The Hall–Kier alpha value is -0.380. The van der Waals surface area contributed by atoms with Gasteiger partial charge in [0, 0.05) is 19.6 Å². The van der Waals surface area contributed by atoms with E-state index >= 15 is 0 Å². The highest BCUT2D eigenvalue weighted by Gasteiger charge is 2.23. The summed E-state index contributed by atoms with van der Waals surface area (Å²) in [6, 6.07) is 1.96. The molecular weight excluding hydrogens is 447 g/mol. The number of likely N-dealkylation sites (tertiary alicyclic amines) is 1. The van der Waals surface area contributed by atoms with Gasteiger partial charge in [-0.05, 0) is 68.1 Å². The first-order chi connectivity index (χ1) is 11.5. The lowest BCUT2D eigenvalue weighted by Crippen LogP contribution is -2.42. The summed E-state index contributed by atoms with van der Waals surface area (Å²) in [4.78, 5) is 7.12. The molecule has 2 atom stereocenters. The Kier molecular flexibility index (Phi) is 10.3. The van der Waals surface area contributed by atoms with Crippen LogP contribution in [0.4, 0.5) is 0 Å². The fraction of sp³-hybridized carbons (Fsp3) is 0.722. The summed E-state index contributed by atoms with van der Waals surface area (Å²) >= 11 is 1.60. The lowest BCUT2D eigenvalue weighted by atomic mass is 10.00. The molecule has 1 aromatic rings. The van der Waals surface area contributed by atoms with E-state index in [1.165, 1.54) is 25.9 Å². The Balaban J connectivity index is 0.00000312. The number of rotatable bonds is 8. The summed E-state index contributed by atoms with van der Waals surface area (Å²) in [7, 11) is 0. The van der Waals surface area contributed by atoms with Gasteiger partial charge in [-0.1, -0.05) is 6.92 Å². The Morgan fingerprint density at radius 2 is 2.12 bits per heavy atom. The number of aliphatic hydroxyl groups is 1. The molecule has 144 valence electrons. The Bertz CT molecular complexity index is 501. The number of nitrogens with one attached hydrogen (secondary N) is 2. The minimum atomic E-state index is -0.927. The van der Waals surface area contributed by atoms with Crippen LogP contribution in [0, 0.1) is 5.92 Å². The molecule has 1 aromatic heterocycles. The van der Waals surface area contributed by atoms with Crippen LogP contribution >= 0.6 is 35.3 Å². The number of aliphatic imine (C=N–C) groups is 1. The van der Waals surface area contributed by atoms with Crippen molar-refractivity contribution in [1.29, 1.82) is 0 Å². The monoisotopic (exact) mass is 480 g/mol. The summed E-state index contributed by atoms with van der Waals surface area (Å²) in [5.74, 6) is 1.35. The van der Waals surface area contributed by atoms with E-state index in [0.717, 1.165) is 31.2 Å². The van der Waals surface area contributed by atoms with Gasteiger partial charge in [-0.2, -0.15) is 11.3 Å². The predicted molar refractivity (Wildman–Crippen MR) is 118 cm³/mol. The van der Waals surface area contributed by atoms with E-state index in [2.05, 4.69) is 34.4 Å². The molecule has 3 N–H and O–H groups in total. The Labute approximate surface area is 173 Å². The highest BCUT2D eigenvalue weighted by molar-refractivity contribution is 14.0. The van der Waals surface area contributed by atoms with Crippen LogP contribution in [0.25, 0.3) is 0 Å². The molecule has 0 spiro atoms. The van der Waals surface area contributed by atoms with Gasteiger partial charge in [-0.15, -0.1) is 24.0 Å². The number of hydrogen-bond donors (Lipinski definition) is 3. The standard InChI is InChI=1S/C18H32N4OS.HI/c1-4-19-17(20-11-15(2)12-22-8-5-6-9-22)21-14-18(3,23)16-7-10-24-13-16;/h7,10,13,15,23H,4-6,8-9,11-12,14H2,1-3H3,(H2,19,20,21);1H. The zero-order chi connectivity index (χ0) is 17.4.